The lowest BCUT2D eigenvalue weighted by Crippen LogP contribution is -2.14. The van der Waals surface area contributed by atoms with Crippen molar-refractivity contribution < 1.29 is 23.8 Å². The summed E-state index contributed by atoms with van der Waals surface area (Å²) < 4.78 is 11.4. The molecule has 8 heteroatoms. The van der Waals surface area contributed by atoms with Crippen LogP contribution in [0.15, 0.2) is 60.6 Å². The number of hydrogen-bond donors (Lipinski definition) is 1. The quantitative estimate of drug-likeness (QED) is 0.317. The number of benzene rings is 2. The molecule has 0 aliphatic rings. The normalized spacial score (nSPS) is 10.7. The summed E-state index contributed by atoms with van der Waals surface area (Å²) in [6.45, 7) is 0. The van der Waals surface area contributed by atoms with Crippen molar-refractivity contribution in [2.24, 2.45) is 0 Å². The number of carboxylic acids is 1. The molecular weight excluding hydrogens is 484 g/mol. The van der Waals surface area contributed by atoms with Crippen molar-refractivity contribution in [2.75, 3.05) is 0 Å². The maximum atomic E-state index is 12.3. The van der Waals surface area contributed by atoms with Gasteiger partial charge in [0.25, 0.3) is 0 Å². The summed E-state index contributed by atoms with van der Waals surface area (Å²) in [7, 11) is 0. The van der Waals surface area contributed by atoms with Gasteiger partial charge in [-0.2, -0.15) is 0 Å². The third kappa shape index (κ3) is 4.28. The molecule has 0 saturated heterocycles. The molecule has 3 aromatic rings. The lowest BCUT2D eigenvalue weighted by molar-refractivity contribution is -0.134. The maximum absolute atomic E-state index is 12.3. The van der Waals surface area contributed by atoms with Crippen molar-refractivity contribution in [1.29, 1.82) is 0 Å². The van der Waals surface area contributed by atoms with Crippen LogP contribution in [-0.2, 0) is 11.2 Å². The highest BCUT2D eigenvalue weighted by Crippen LogP contribution is 2.39. The first-order valence-electron chi connectivity index (χ1n) is 7.80. The molecule has 0 aliphatic carbocycles. The monoisotopic (exact) mass is 494 g/mol. The minimum atomic E-state index is -1.40. The number of aryl methyl sites for hydroxylation is 1. The molecule has 0 saturated carbocycles. The van der Waals surface area contributed by atoms with Gasteiger partial charge in [-0.1, -0.05) is 30.3 Å². The topological polar surface area (TPSA) is 93.8 Å². The van der Waals surface area contributed by atoms with Crippen LogP contribution in [-0.4, -0.2) is 17.0 Å². The van der Waals surface area contributed by atoms with E-state index in [0.717, 1.165) is 5.56 Å². The van der Waals surface area contributed by atoms with E-state index in [9.17, 15) is 14.4 Å². The number of fused-ring (bicyclic) bond motifs is 1. The highest BCUT2D eigenvalue weighted by Gasteiger charge is 2.20. The predicted octanol–water partition coefficient (Wildman–Crippen LogP) is 4.55. The molecule has 3 rings (SSSR count). The molecule has 0 bridgehead atoms. The highest BCUT2D eigenvalue weighted by molar-refractivity contribution is 9.13. The largest absolute Gasteiger partial charge is 0.477 e. The SMILES string of the molecule is O=C(CCc1ccccc1)Oc1c(Br)c(Br)cc2cc(C(=O)O)c(=O)oc12. The second-order valence-corrected chi connectivity index (χ2v) is 7.28. The molecule has 27 heavy (non-hydrogen) atoms. The lowest BCUT2D eigenvalue weighted by Gasteiger charge is -2.11. The Labute approximate surface area is 170 Å². The standard InChI is InChI=1S/C19H12Br2O6/c20-13-9-11-8-12(18(23)24)19(25)27-16(11)17(15(13)21)26-14(22)7-6-10-4-2-1-3-5-10/h1-5,8-9H,6-7H2,(H,23,24). The zero-order chi connectivity index (χ0) is 19.6. The second kappa shape index (κ2) is 8.06. The van der Waals surface area contributed by atoms with Gasteiger partial charge >= 0.3 is 17.6 Å². The third-order valence-corrected chi connectivity index (χ3v) is 5.73. The van der Waals surface area contributed by atoms with Crippen LogP contribution in [0.2, 0.25) is 0 Å². The number of esters is 1. The molecule has 1 aromatic heterocycles. The Hall–Kier alpha value is -2.45. The minimum absolute atomic E-state index is 0.00636. The van der Waals surface area contributed by atoms with Gasteiger partial charge in [-0.3, -0.25) is 4.79 Å². The molecule has 0 atom stereocenters. The fraction of sp³-hybridized carbons (Fsp3) is 0.105. The van der Waals surface area contributed by atoms with Crippen molar-refractivity contribution in [3.8, 4) is 5.75 Å². The fourth-order valence-electron chi connectivity index (χ4n) is 2.48. The van der Waals surface area contributed by atoms with Crippen LogP contribution in [0.4, 0.5) is 0 Å². The summed E-state index contributed by atoms with van der Waals surface area (Å²) in [5.41, 5.74) is -0.540. The van der Waals surface area contributed by atoms with Gasteiger partial charge < -0.3 is 14.3 Å². The molecule has 6 nitrogen and oxygen atoms in total. The number of halogens is 2. The Balaban J connectivity index is 1.94. The van der Waals surface area contributed by atoms with E-state index in [1.54, 1.807) is 6.07 Å². The maximum Gasteiger partial charge on any atom is 0.351 e. The lowest BCUT2D eigenvalue weighted by atomic mass is 10.1. The summed E-state index contributed by atoms with van der Waals surface area (Å²) in [5.74, 6) is -1.89. The average molecular weight is 496 g/mol. The summed E-state index contributed by atoms with van der Waals surface area (Å²) in [6, 6.07) is 12.2. The van der Waals surface area contributed by atoms with Crippen LogP contribution >= 0.6 is 31.9 Å². The average Bonchev–Trinajstić information content (AvgIpc) is 2.64. The fourth-order valence-corrected chi connectivity index (χ4v) is 3.28. The molecule has 138 valence electrons. The van der Waals surface area contributed by atoms with Crippen LogP contribution in [0.3, 0.4) is 0 Å². The van der Waals surface area contributed by atoms with Gasteiger partial charge in [-0.15, -0.1) is 0 Å². The number of hydrogen-bond acceptors (Lipinski definition) is 5. The molecular formula is C19H12Br2O6. The number of ether oxygens (including phenoxy) is 1. The van der Waals surface area contributed by atoms with Gasteiger partial charge in [-0.05, 0) is 56.0 Å². The number of carbonyl (C=O) groups excluding carboxylic acids is 1. The van der Waals surface area contributed by atoms with Gasteiger partial charge in [0.2, 0.25) is 0 Å². The van der Waals surface area contributed by atoms with Gasteiger partial charge in [0.05, 0.1) is 4.47 Å². The number of aromatic carboxylic acids is 1. The number of rotatable bonds is 5. The van der Waals surface area contributed by atoms with E-state index in [2.05, 4.69) is 31.9 Å². The van der Waals surface area contributed by atoms with E-state index in [4.69, 9.17) is 14.3 Å². The summed E-state index contributed by atoms with van der Waals surface area (Å²) in [5, 5.41) is 9.39. The summed E-state index contributed by atoms with van der Waals surface area (Å²) in [4.78, 5) is 35.3. The van der Waals surface area contributed by atoms with E-state index in [-0.39, 0.29) is 17.8 Å². The van der Waals surface area contributed by atoms with Gasteiger partial charge in [0.15, 0.2) is 11.3 Å². The zero-order valence-electron chi connectivity index (χ0n) is 13.7. The van der Waals surface area contributed by atoms with Gasteiger partial charge in [0, 0.05) is 16.3 Å². The Morgan fingerprint density at radius 1 is 1.11 bits per heavy atom. The van der Waals surface area contributed by atoms with E-state index < -0.39 is 23.1 Å². The summed E-state index contributed by atoms with van der Waals surface area (Å²) in [6.07, 6.45) is 0.623. The molecule has 0 aliphatic heterocycles. The van der Waals surface area contributed by atoms with Crippen LogP contribution in [0.1, 0.15) is 22.3 Å². The van der Waals surface area contributed by atoms with E-state index in [0.29, 0.717) is 20.8 Å². The van der Waals surface area contributed by atoms with Crippen LogP contribution in [0, 0.1) is 0 Å². The highest BCUT2D eigenvalue weighted by atomic mass is 79.9. The zero-order valence-corrected chi connectivity index (χ0v) is 16.9. The van der Waals surface area contributed by atoms with Crippen LogP contribution in [0.25, 0.3) is 11.0 Å². The second-order valence-electron chi connectivity index (χ2n) is 5.63. The Kier molecular flexibility index (Phi) is 5.76. The Morgan fingerprint density at radius 3 is 2.48 bits per heavy atom. The summed E-state index contributed by atoms with van der Waals surface area (Å²) >= 11 is 6.60. The molecule has 1 heterocycles. The number of carboxylic acid groups (broad SMARTS) is 1. The molecule has 1 N–H and O–H groups in total. The predicted molar refractivity (Wildman–Crippen MR) is 105 cm³/mol. The molecule has 0 fully saturated rings. The first-order valence-corrected chi connectivity index (χ1v) is 9.39. The molecule has 0 spiro atoms. The van der Waals surface area contributed by atoms with Gasteiger partial charge in [0.1, 0.15) is 5.56 Å². The van der Waals surface area contributed by atoms with E-state index in [1.165, 1.54) is 6.07 Å². The van der Waals surface area contributed by atoms with Crippen molar-refractivity contribution in [3.63, 3.8) is 0 Å². The molecule has 2 aromatic carbocycles. The Bertz CT molecular complexity index is 1090. The van der Waals surface area contributed by atoms with Crippen molar-refractivity contribution in [3.05, 3.63) is 73.0 Å². The van der Waals surface area contributed by atoms with Crippen LogP contribution < -0.4 is 10.4 Å². The molecule has 0 amide bonds. The smallest absolute Gasteiger partial charge is 0.351 e. The van der Waals surface area contributed by atoms with Crippen molar-refractivity contribution in [2.45, 2.75) is 12.8 Å². The van der Waals surface area contributed by atoms with E-state index in [1.807, 2.05) is 30.3 Å². The minimum Gasteiger partial charge on any atom is -0.477 e. The van der Waals surface area contributed by atoms with Crippen molar-refractivity contribution >= 4 is 54.8 Å². The van der Waals surface area contributed by atoms with Crippen LogP contribution in [0.5, 0.6) is 5.75 Å². The van der Waals surface area contributed by atoms with Crippen molar-refractivity contribution in [1.82, 2.24) is 0 Å². The van der Waals surface area contributed by atoms with E-state index >= 15 is 0 Å². The molecule has 0 radical (unpaired) electrons. The third-order valence-electron chi connectivity index (χ3n) is 3.78. The van der Waals surface area contributed by atoms with Gasteiger partial charge in [-0.25, -0.2) is 9.59 Å². The number of carbonyl (C=O) groups is 2. The first kappa shape index (κ1) is 19.3. The Morgan fingerprint density at radius 2 is 1.81 bits per heavy atom. The molecule has 0 unspecified atom stereocenters. The first-order chi connectivity index (χ1) is 12.9.